The third kappa shape index (κ3) is 46.3. The van der Waals surface area contributed by atoms with Crippen molar-refractivity contribution in [3.63, 3.8) is 0 Å². The third-order valence-electron chi connectivity index (χ3n) is 16.4. The molecule has 0 radical (unpaired) electrons. The van der Waals surface area contributed by atoms with Crippen LogP contribution >= 0.6 is 0 Å². The van der Waals surface area contributed by atoms with Gasteiger partial charge in [0.2, 0.25) is 5.91 Å². The molecule has 0 aromatic heterocycles. The fraction of sp³-hybridized carbons (Fsp3) is 0.984. The number of amides is 1. The number of nitrogens with one attached hydrogen (secondary N) is 1. The average Bonchev–Trinajstić information content (AvgIpc) is 3.41. The van der Waals surface area contributed by atoms with Gasteiger partial charge in [-0.3, -0.25) is 9.35 Å². The molecule has 1 heterocycles. The van der Waals surface area contributed by atoms with E-state index in [1.807, 2.05) is 0 Å². The summed E-state index contributed by atoms with van der Waals surface area (Å²) >= 11 is 0. The summed E-state index contributed by atoms with van der Waals surface area (Å²) in [4.78, 5) is 13.2. The van der Waals surface area contributed by atoms with Gasteiger partial charge >= 0.3 is 10.4 Å². The number of rotatable bonds is 60. The first-order valence-electron chi connectivity index (χ1n) is 33.4. The molecule has 0 aliphatic carbocycles. The Balaban J connectivity index is 2.24. The molecule has 1 amide bonds. The van der Waals surface area contributed by atoms with Crippen LogP contribution in [0.4, 0.5) is 0 Å². The molecule has 0 aromatic rings. The second-order valence-electron chi connectivity index (χ2n) is 23.8. The van der Waals surface area contributed by atoms with Crippen LogP contribution in [0.1, 0.15) is 348 Å². The fourth-order valence-electron chi connectivity index (χ4n) is 11.3. The zero-order chi connectivity index (χ0) is 56.1. The number of carbonyl (C=O) groups excluding carboxylic acids is 1. The number of carbonyl (C=O) groups is 1. The molecule has 460 valence electrons. The minimum Gasteiger partial charge on any atom is -0.394 e. The van der Waals surface area contributed by atoms with Crippen LogP contribution in [0, 0.1) is 0 Å². The van der Waals surface area contributed by atoms with Gasteiger partial charge in [0, 0.05) is 6.42 Å². The van der Waals surface area contributed by atoms with Gasteiger partial charge in [0.25, 0.3) is 0 Å². The number of hydrogen-bond donors (Lipinski definition) is 6. The molecule has 1 saturated heterocycles. The van der Waals surface area contributed by atoms with Crippen molar-refractivity contribution in [1.82, 2.24) is 5.32 Å². The number of aliphatic hydroxyl groups excluding tert-OH is 4. The predicted octanol–water partition coefficient (Wildman–Crippen LogP) is 16.8. The molecule has 0 spiro atoms. The van der Waals surface area contributed by atoms with E-state index < -0.39 is 59.9 Å². The number of unbranched alkanes of at least 4 members (excludes halogenated alkanes) is 48. The maximum Gasteiger partial charge on any atom is 0.397 e. The van der Waals surface area contributed by atoms with Gasteiger partial charge in [-0.1, -0.05) is 328 Å². The van der Waals surface area contributed by atoms with Crippen LogP contribution in [-0.2, 0) is 28.9 Å². The van der Waals surface area contributed by atoms with Crippen LogP contribution in [0.25, 0.3) is 0 Å². The van der Waals surface area contributed by atoms with E-state index >= 15 is 0 Å². The summed E-state index contributed by atoms with van der Waals surface area (Å²) in [6.45, 7) is 3.53. The lowest BCUT2D eigenvalue weighted by Gasteiger charge is -2.41. The Morgan fingerprint density at radius 1 is 0.468 bits per heavy atom. The summed E-state index contributed by atoms with van der Waals surface area (Å²) in [6.07, 6.45) is 57.0. The van der Waals surface area contributed by atoms with Crippen molar-refractivity contribution in [3.05, 3.63) is 0 Å². The highest BCUT2D eigenvalue weighted by atomic mass is 32.3. The monoisotopic (exact) mass is 1120 g/mol. The molecule has 12 nitrogen and oxygen atoms in total. The Hall–Kier alpha value is -0.900. The molecule has 7 unspecified atom stereocenters. The molecule has 13 heteroatoms. The van der Waals surface area contributed by atoms with E-state index in [1.165, 1.54) is 270 Å². The first kappa shape index (κ1) is 74.1. The zero-order valence-corrected chi connectivity index (χ0v) is 51.1. The van der Waals surface area contributed by atoms with E-state index in [0.717, 1.165) is 51.4 Å². The van der Waals surface area contributed by atoms with E-state index in [9.17, 15) is 38.2 Å². The Morgan fingerprint density at radius 3 is 1.04 bits per heavy atom. The molecule has 7 atom stereocenters. The summed E-state index contributed by atoms with van der Waals surface area (Å²) in [5.41, 5.74) is 0. The highest BCUT2D eigenvalue weighted by Crippen LogP contribution is 2.27. The van der Waals surface area contributed by atoms with Crippen LogP contribution in [0.2, 0.25) is 0 Å². The van der Waals surface area contributed by atoms with Crippen molar-refractivity contribution >= 4 is 16.3 Å². The lowest BCUT2D eigenvalue weighted by atomic mass is 9.99. The minimum atomic E-state index is -5.08. The van der Waals surface area contributed by atoms with Crippen molar-refractivity contribution in [3.8, 4) is 0 Å². The van der Waals surface area contributed by atoms with E-state index in [0.29, 0.717) is 12.8 Å². The van der Waals surface area contributed by atoms with Gasteiger partial charge < -0.3 is 35.2 Å². The van der Waals surface area contributed by atoms with Crippen LogP contribution in [0.5, 0.6) is 0 Å². The second kappa shape index (κ2) is 54.4. The van der Waals surface area contributed by atoms with Gasteiger partial charge in [-0.05, 0) is 12.8 Å². The standard InChI is InChI=1S/C64H127NO11S/c1-3-5-7-9-11-13-15-17-19-21-23-25-26-27-28-29-30-31-32-34-36-38-40-42-44-46-48-50-52-54-60(68)65-57(56-74-64-62(70)63(76-77(71,72)73)61(69)59(55-66)75-64)58(67)53-51-49-47-45-43-41-39-37-35-33-24-22-20-18-16-14-12-10-8-6-4-2/h57-59,61-64,66-67,69-70H,3-56H2,1-2H3,(H,65,68)(H,71,72,73). The lowest BCUT2D eigenvalue weighted by Crippen LogP contribution is -2.61. The fourth-order valence-corrected chi connectivity index (χ4v) is 11.8. The van der Waals surface area contributed by atoms with E-state index in [4.69, 9.17) is 9.47 Å². The van der Waals surface area contributed by atoms with Crippen LogP contribution in [0.15, 0.2) is 0 Å². The van der Waals surface area contributed by atoms with Crippen molar-refractivity contribution < 1.29 is 51.8 Å². The number of aliphatic hydroxyl groups is 4. The Labute approximate surface area is 475 Å². The quantitative estimate of drug-likeness (QED) is 0.0251. The topological polar surface area (TPSA) is 192 Å². The molecular formula is C64H127NO11S. The van der Waals surface area contributed by atoms with Crippen LogP contribution in [-0.4, -0.2) is 95.4 Å². The molecule has 1 rings (SSSR count). The molecule has 0 saturated carbocycles. The smallest absolute Gasteiger partial charge is 0.394 e. The second-order valence-corrected chi connectivity index (χ2v) is 24.8. The van der Waals surface area contributed by atoms with Crippen molar-refractivity contribution in [2.45, 2.75) is 391 Å². The highest BCUT2D eigenvalue weighted by Gasteiger charge is 2.48. The van der Waals surface area contributed by atoms with Crippen molar-refractivity contribution in [2.24, 2.45) is 0 Å². The molecule has 6 N–H and O–H groups in total. The van der Waals surface area contributed by atoms with Crippen LogP contribution in [0.3, 0.4) is 0 Å². The maximum absolute atomic E-state index is 13.2. The zero-order valence-electron chi connectivity index (χ0n) is 50.3. The van der Waals surface area contributed by atoms with E-state index in [1.54, 1.807) is 0 Å². The third-order valence-corrected chi connectivity index (χ3v) is 16.9. The predicted molar refractivity (Wildman–Crippen MR) is 320 cm³/mol. The summed E-state index contributed by atoms with van der Waals surface area (Å²) in [7, 11) is -5.08. The van der Waals surface area contributed by atoms with Gasteiger partial charge in [-0.25, -0.2) is 4.18 Å². The molecule has 0 aromatic carbocycles. The molecule has 1 aliphatic heterocycles. The lowest BCUT2D eigenvalue weighted by molar-refractivity contribution is -0.298. The van der Waals surface area contributed by atoms with Crippen LogP contribution < -0.4 is 5.32 Å². The highest BCUT2D eigenvalue weighted by molar-refractivity contribution is 7.80. The van der Waals surface area contributed by atoms with Crippen molar-refractivity contribution in [2.75, 3.05) is 13.2 Å². The summed E-state index contributed by atoms with van der Waals surface area (Å²) in [5, 5.41) is 45.3. The Bertz CT molecular complexity index is 1360. The Kier molecular flexibility index (Phi) is 52.3. The summed E-state index contributed by atoms with van der Waals surface area (Å²) < 4.78 is 48.1. The SMILES string of the molecule is CCCCCCCCCCCCCCCCCCCCCCCCCCCCCCCC(=O)NC(COC1OC(CO)C(O)C(OS(=O)(=O)O)C1O)C(O)CCCCCCCCCCCCCCCCCCCCCCC. The molecule has 0 bridgehead atoms. The minimum absolute atomic E-state index is 0.220. The summed E-state index contributed by atoms with van der Waals surface area (Å²) in [6, 6.07) is -0.854. The summed E-state index contributed by atoms with van der Waals surface area (Å²) in [5.74, 6) is -0.220. The van der Waals surface area contributed by atoms with Gasteiger partial charge in [-0.2, -0.15) is 8.42 Å². The Morgan fingerprint density at radius 2 is 0.753 bits per heavy atom. The van der Waals surface area contributed by atoms with E-state index in [2.05, 4.69) is 23.3 Å². The molecule has 1 fully saturated rings. The number of hydrogen-bond acceptors (Lipinski definition) is 10. The normalized spacial score (nSPS) is 18.8. The van der Waals surface area contributed by atoms with Gasteiger partial charge in [0.15, 0.2) is 6.29 Å². The van der Waals surface area contributed by atoms with Crippen molar-refractivity contribution in [1.29, 1.82) is 0 Å². The number of ether oxygens (including phenoxy) is 2. The largest absolute Gasteiger partial charge is 0.397 e. The van der Waals surface area contributed by atoms with Gasteiger partial charge in [-0.15, -0.1) is 0 Å². The maximum atomic E-state index is 13.2. The molecule has 77 heavy (non-hydrogen) atoms. The van der Waals surface area contributed by atoms with E-state index in [-0.39, 0.29) is 12.5 Å². The average molecular weight is 1120 g/mol. The van der Waals surface area contributed by atoms with Gasteiger partial charge in [0.1, 0.15) is 24.4 Å². The molecular weight excluding hydrogens is 991 g/mol. The first-order valence-corrected chi connectivity index (χ1v) is 34.8. The van der Waals surface area contributed by atoms with Gasteiger partial charge in [0.05, 0.1) is 25.4 Å². The first-order chi connectivity index (χ1) is 37.5. The molecule has 1 aliphatic rings.